The van der Waals surface area contributed by atoms with Crippen molar-refractivity contribution in [1.29, 1.82) is 0 Å². The molecule has 0 atom stereocenters. The molecule has 1 amide bonds. The topological polar surface area (TPSA) is 54.5 Å². The third-order valence-electron chi connectivity index (χ3n) is 2.94. The highest BCUT2D eigenvalue weighted by Gasteiger charge is 2.33. The second kappa shape index (κ2) is 5.48. The predicted molar refractivity (Wildman–Crippen MR) is 79.2 cm³/mol. The zero-order valence-electron chi connectivity index (χ0n) is 12.2. The smallest absolute Gasteiger partial charge is 0.410 e. The van der Waals surface area contributed by atoms with Gasteiger partial charge in [-0.25, -0.2) is 9.78 Å². The summed E-state index contributed by atoms with van der Waals surface area (Å²) in [6, 6.07) is 3.87. The van der Waals surface area contributed by atoms with Gasteiger partial charge in [0.2, 0.25) is 0 Å². The normalized spacial score (nSPS) is 15.8. The number of nitrogens with zero attached hydrogens (tertiary/aromatic N) is 2. The molecule has 1 aliphatic heterocycles. The number of hydrogen-bond acceptors (Lipinski definition) is 4. The molecular weight excluding hydrogens is 278 g/mol. The van der Waals surface area contributed by atoms with E-state index in [2.05, 4.69) is 10.3 Å². The molecule has 2 heterocycles. The Morgan fingerprint density at radius 3 is 2.70 bits per heavy atom. The molecule has 0 saturated carbocycles. The number of carbonyl (C=O) groups excluding carboxylic acids is 1. The molecule has 1 fully saturated rings. The first kappa shape index (κ1) is 14.9. The minimum Gasteiger partial charge on any atom is -0.444 e. The number of amides is 1. The van der Waals surface area contributed by atoms with Gasteiger partial charge < -0.3 is 15.0 Å². The van der Waals surface area contributed by atoms with E-state index in [1.165, 1.54) is 0 Å². The van der Waals surface area contributed by atoms with Crippen molar-refractivity contribution in [2.75, 3.05) is 18.4 Å². The highest BCUT2D eigenvalue weighted by Crippen LogP contribution is 2.21. The maximum atomic E-state index is 11.8. The first-order valence-corrected chi connectivity index (χ1v) is 7.00. The van der Waals surface area contributed by atoms with Crippen LogP contribution in [0, 0.1) is 6.92 Å². The van der Waals surface area contributed by atoms with Crippen molar-refractivity contribution in [2.24, 2.45) is 0 Å². The number of carbonyl (C=O) groups is 1. The van der Waals surface area contributed by atoms with E-state index < -0.39 is 5.60 Å². The number of aryl methyl sites for hydroxylation is 1. The highest BCUT2D eigenvalue weighted by molar-refractivity contribution is 6.29. The summed E-state index contributed by atoms with van der Waals surface area (Å²) in [6.45, 7) is 8.78. The van der Waals surface area contributed by atoms with Crippen LogP contribution >= 0.6 is 11.6 Å². The van der Waals surface area contributed by atoms with Crippen LogP contribution in [0.4, 0.5) is 10.6 Å². The maximum absolute atomic E-state index is 11.8. The quantitative estimate of drug-likeness (QED) is 0.852. The van der Waals surface area contributed by atoms with Crippen LogP contribution in [0.3, 0.4) is 0 Å². The van der Waals surface area contributed by atoms with E-state index >= 15 is 0 Å². The SMILES string of the molecule is Cc1ccc(Cl)nc1NC1CN(C(=O)OC(C)(C)C)C1. The van der Waals surface area contributed by atoms with Gasteiger partial charge in [-0.2, -0.15) is 0 Å². The Morgan fingerprint density at radius 2 is 2.10 bits per heavy atom. The third-order valence-corrected chi connectivity index (χ3v) is 3.15. The van der Waals surface area contributed by atoms with Crippen molar-refractivity contribution in [3.63, 3.8) is 0 Å². The lowest BCUT2D eigenvalue weighted by Gasteiger charge is -2.40. The molecule has 110 valence electrons. The summed E-state index contributed by atoms with van der Waals surface area (Å²) in [5.74, 6) is 0.770. The Kier molecular flexibility index (Phi) is 4.09. The summed E-state index contributed by atoms with van der Waals surface area (Å²) in [6.07, 6.45) is -0.272. The number of nitrogens with one attached hydrogen (secondary N) is 1. The van der Waals surface area contributed by atoms with Gasteiger partial charge in [0.05, 0.1) is 6.04 Å². The van der Waals surface area contributed by atoms with Gasteiger partial charge in [-0.05, 0) is 39.3 Å². The number of ether oxygens (including phenoxy) is 1. The average molecular weight is 298 g/mol. The number of aromatic nitrogens is 1. The molecule has 1 aromatic heterocycles. The molecule has 6 heteroatoms. The van der Waals surface area contributed by atoms with Crippen molar-refractivity contribution in [2.45, 2.75) is 39.3 Å². The second-order valence-corrected chi connectivity index (χ2v) is 6.41. The standard InChI is InChI=1S/C14H20ClN3O2/c1-9-5-6-11(15)17-12(9)16-10-7-18(8-10)13(19)20-14(2,3)4/h5-6,10H,7-8H2,1-4H3,(H,16,17). The molecule has 1 aromatic rings. The van der Waals surface area contributed by atoms with Crippen LogP contribution in [0.15, 0.2) is 12.1 Å². The van der Waals surface area contributed by atoms with Crippen molar-refractivity contribution in [3.8, 4) is 0 Å². The van der Waals surface area contributed by atoms with E-state index in [4.69, 9.17) is 16.3 Å². The zero-order chi connectivity index (χ0) is 14.9. The van der Waals surface area contributed by atoms with Gasteiger partial charge >= 0.3 is 6.09 Å². The van der Waals surface area contributed by atoms with Crippen molar-refractivity contribution >= 4 is 23.5 Å². The maximum Gasteiger partial charge on any atom is 0.410 e. The Hall–Kier alpha value is -1.49. The molecule has 0 bridgehead atoms. The predicted octanol–water partition coefficient (Wildman–Crippen LogP) is 3.07. The first-order valence-electron chi connectivity index (χ1n) is 6.62. The number of halogens is 1. The molecule has 1 saturated heterocycles. The van der Waals surface area contributed by atoms with Crippen LogP contribution in [0.2, 0.25) is 5.15 Å². The average Bonchev–Trinajstić information content (AvgIpc) is 2.24. The summed E-state index contributed by atoms with van der Waals surface area (Å²) in [5, 5.41) is 3.75. The van der Waals surface area contributed by atoms with Crippen LogP contribution in [0.1, 0.15) is 26.3 Å². The Morgan fingerprint density at radius 1 is 1.45 bits per heavy atom. The number of hydrogen-bond donors (Lipinski definition) is 1. The summed E-state index contributed by atoms with van der Waals surface area (Å²) < 4.78 is 5.31. The Labute approximate surface area is 124 Å². The van der Waals surface area contributed by atoms with Gasteiger partial charge in [-0.15, -0.1) is 0 Å². The summed E-state index contributed by atoms with van der Waals surface area (Å²) in [7, 11) is 0. The van der Waals surface area contributed by atoms with Crippen molar-refractivity contribution in [3.05, 3.63) is 22.8 Å². The Balaban J connectivity index is 1.85. The molecule has 0 aromatic carbocycles. The van der Waals surface area contributed by atoms with Crippen LogP contribution < -0.4 is 5.32 Å². The van der Waals surface area contributed by atoms with Crippen LogP contribution in [-0.2, 0) is 4.74 Å². The van der Waals surface area contributed by atoms with Gasteiger partial charge in [-0.1, -0.05) is 17.7 Å². The zero-order valence-corrected chi connectivity index (χ0v) is 13.0. The van der Waals surface area contributed by atoms with Gasteiger partial charge in [0.25, 0.3) is 0 Å². The number of rotatable bonds is 2. The molecule has 5 nitrogen and oxygen atoms in total. The second-order valence-electron chi connectivity index (χ2n) is 6.03. The van der Waals surface area contributed by atoms with E-state index in [9.17, 15) is 4.79 Å². The summed E-state index contributed by atoms with van der Waals surface area (Å²) >= 11 is 5.88. The molecule has 1 N–H and O–H groups in total. The van der Waals surface area contributed by atoms with Gasteiger partial charge in [0.1, 0.15) is 16.6 Å². The fourth-order valence-electron chi connectivity index (χ4n) is 1.89. The van der Waals surface area contributed by atoms with E-state index in [0.29, 0.717) is 18.2 Å². The molecule has 0 aliphatic carbocycles. The lowest BCUT2D eigenvalue weighted by Crippen LogP contribution is -2.58. The molecular formula is C14H20ClN3O2. The lowest BCUT2D eigenvalue weighted by atomic mass is 10.1. The van der Waals surface area contributed by atoms with E-state index in [0.717, 1.165) is 11.4 Å². The van der Waals surface area contributed by atoms with Crippen LogP contribution in [0.25, 0.3) is 0 Å². The highest BCUT2D eigenvalue weighted by atomic mass is 35.5. The fourth-order valence-corrected chi connectivity index (χ4v) is 2.04. The molecule has 0 spiro atoms. The molecule has 2 rings (SSSR count). The summed E-state index contributed by atoms with van der Waals surface area (Å²) in [4.78, 5) is 17.7. The van der Waals surface area contributed by atoms with Gasteiger partial charge in [0, 0.05) is 13.1 Å². The molecule has 0 radical (unpaired) electrons. The van der Waals surface area contributed by atoms with Gasteiger partial charge in [0.15, 0.2) is 0 Å². The van der Waals surface area contributed by atoms with Crippen LogP contribution in [0.5, 0.6) is 0 Å². The van der Waals surface area contributed by atoms with E-state index in [-0.39, 0.29) is 12.1 Å². The van der Waals surface area contributed by atoms with E-state index in [1.807, 2.05) is 33.8 Å². The summed E-state index contributed by atoms with van der Waals surface area (Å²) in [5.41, 5.74) is 0.575. The minimum atomic E-state index is -0.458. The molecule has 1 aliphatic rings. The third kappa shape index (κ3) is 3.76. The molecule has 20 heavy (non-hydrogen) atoms. The van der Waals surface area contributed by atoms with Crippen LogP contribution in [-0.4, -0.2) is 40.7 Å². The monoisotopic (exact) mass is 297 g/mol. The largest absolute Gasteiger partial charge is 0.444 e. The lowest BCUT2D eigenvalue weighted by molar-refractivity contribution is 0.0104. The first-order chi connectivity index (χ1) is 9.24. The van der Waals surface area contributed by atoms with Crippen molar-refractivity contribution in [1.82, 2.24) is 9.88 Å². The van der Waals surface area contributed by atoms with Crippen molar-refractivity contribution < 1.29 is 9.53 Å². The molecule has 0 unspecified atom stereocenters. The number of pyridine rings is 1. The fraction of sp³-hybridized carbons (Fsp3) is 0.571. The number of likely N-dealkylation sites (tertiary alicyclic amines) is 1. The minimum absolute atomic E-state index is 0.187. The number of anilines is 1. The van der Waals surface area contributed by atoms with E-state index in [1.54, 1.807) is 11.0 Å². The Bertz CT molecular complexity index is 508. The van der Waals surface area contributed by atoms with Gasteiger partial charge in [-0.3, -0.25) is 0 Å².